The van der Waals surface area contributed by atoms with Gasteiger partial charge in [-0.2, -0.15) is 0 Å². The van der Waals surface area contributed by atoms with Crippen molar-refractivity contribution in [3.8, 4) is 5.75 Å². The third kappa shape index (κ3) is 4.89. The van der Waals surface area contributed by atoms with Gasteiger partial charge < -0.3 is 4.74 Å². The maximum atomic E-state index is 13.4. The molecule has 31 heavy (non-hydrogen) atoms. The van der Waals surface area contributed by atoms with Crippen molar-refractivity contribution in [2.45, 2.75) is 20.8 Å². The minimum atomic E-state index is -0.0819. The molecule has 0 radical (unpaired) electrons. The van der Waals surface area contributed by atoms with Gasteiger partial charge in [-0.15, -0.1) is 0 Å². The van der Waals surface area contributed by atoms with Gasteiger partial charge in [0.1, 0.15) is 5.75 Å². The fraction of sp³-hybridized carbons (Fsp3) is 0.154. The summed E-state index contributed by atoms with van der Waals surface area (Å²) in [5, 5.41) is 0.643. The molecule has 156 valence electrons. The Morgan fingerprint density at radius 2 is 1.65 bits per heavy atom. The Hall–Kier alpha value is -3.31. The van der Waals surface area contributed by atoms with Gasteiger partial charge in [-0.25, -0.2) is 4.99 Å². The monoisotopic (exact) mass is 428 g/mol. The number of nitrogens with zero attached hydrogens (tertiary/aromatic N) is 2. The maximum Gasteiger partial charge on any atom is 0.271 e. The van der Waals surface area contributed by atoms with E-state index < -0.39 is 0 Å². The molecule has 0 bridgehead atoms. The molecule has 1 saturated heterocycles. The maximum absolute atomic E-state index is 13.4. The molecule has 0 aliphatic carbocycles. The number of benzene rings is 3. The van der Waals surface area contributed by atoms with Crippen LogP contribution in [0.1, 0.15) is 23.6 Å². The summed E-state index contributed by atoms with van der Waals surface area (Å²) in [5.41, 5.74) is 4.85. The van der Waals surface area contributed by atoms with Crippen molar-refractivity contribution in [2.75, 3.05) is 11.5 Å². The van der Waals surface area contributed by atoms with Crippen molar-refractivity contribution in [3.63, 3.8) is 0 Å². The number of aliphatic imine (C=N–C) groups is 1. The predicted molar refractivity (Wildman–Crippen MR) is 130 cm³/mol. The quantitative estimate of drug-likeness (QED) is 0.435. The molecule has 0 aromatic heterocycles. The number of hydrogen-bond acceptors (Lipinski definition) is 4. The van der Waals surface area contributed by atoms with Gasteiger partial charge in [-0.1, -0.05) is 47.5 Å². The SMILES string of the molecule is CCOc1cccc(/C=C2/SC(=Nc3ccc(C)cc3)N(c3ccc(C)cc3)C2=O)c1. The molecule has 0 N–H and O–H groups in total. The number of amides is 1. The summed E-state index contributed by atoms with van der Waals surface area (Å²) in [7, 11) is 0. The lowest BCUT2D eigenvalue weighted by Gasteiger charge is -2.16. The van der Waals surface area contributed by atoms with Crippen molar-refractivity contribution in [1.29, 1.82) is 0 Å². The number of carbonyl (C=O) groups excluding carboxylic acids is 1. The smallest absolute Gasteiger partial charge is 0.271 e. The molecule has 3 aromatic carbocycles. The van der Waals surface area contributed by atoms with Crippen molar-refractivity contribution < 1.29 is 9.53 Å². The number of thioether (sulfide) groups is 1. The molecule has 1 aliphatic heterocycles. The highest BCUT2D eigenvalue weighted by molar-refractivity contribution is 8.19. The van der Waals surface area contributed by atoms with E-state index in [0.29, 0.717) is 16.7 Å². The second-order valence-electron chi connectivity index (χ2n) is 7.32. The topological polar surface area (TPSA) is 41.9 Å². The average Bonchev–Trinajstić information content (AvgIpc) is 3.06. The fourth-order valence-corrected chi connectivity index (χ4v) is 4.21. The molecule has 1 fully saturated rings. The van der Waals surface area contributed by atoms with Crippen LogP contribution < -0.4 is 9.64 Å². The summed E-state index contributed by atoms with van der Waals surface area (Å²) in [6.07, 6.45) is 1.90. The average molecular weight is 429 g/mol. The fourth-order valence-electron chi connectivity index (χ4n) is 3.21. The van der Waals surface area contributed by atoms with E-state index in [4.69, 9.17) is 9.73 Å². The Labute approximate surface area is 187 Å². The van der Waals surface area contributed by atoms with Gasteiger partial charge in [0.05, 0.1) is 22.9 Å². The van der Waals surface area contributed by atoms with Crippen LogP contribution in [0.2, 0.25) is 0 Å². The zero-order valence-electron chi connectivity index (χ0n) is 17.8. The Kier molecular flexibility index (Phi) is 6.23. The van der Waals surface area contributed by atoms with E-state index in [2.05, 4.69) is 0 Å². The number of anilines is 1. The molecule has 4 rings (SSSR count). The van der Waals surface area contributed by atoms with Gasteiger partial charge >= 0.3 is 0 Å². The number of aryl methyl sites for hydroxylation is 2. The zero-order chi connectivity index (χ0) is 21.8. The summed E-state index contributed by atoms with van der Waals surface area (Å²) in [6, 6.07) is 23.6. The van der Waals surface area contributed by atoms with E-state index in [0.717, 1.165) is 28.3 Å². The molecule has 4 nitrogen and oxygen atoms in total. The van der Waals surface area contributed by atoms with Gasteiger partial charge in [-0.3, -0.25) is 9.69 Å². The van der Waals surface area contributed by atoms with Crippen LogP contribution in [0.3, 0.4) is 0 Å². The zero-order valence-corrected chi connectivity index (χ0v) is 18.6. The first-order valence-electron chi connectivity index (χ1n) is 10.2. The molecular weight excluding hydrogens is 404 g/mol. The van der Waals surface area contributed by atoms with Crippen molar-refractivity contribution >= 4 is 40.3 Å². The van der Waals surface area contributed by atoms with Crippen molar-refractivity contribution in [3.05, 3.63) is 94.4 Å². The normalized spacial score (nSPS) is 16.4. The Morgan fingerprint density at radius 1 is 0.968 bits per heavy atom. The van der Waals surface area contributed by atoms with Gasteiger partial charge in [0.15, 0.2) is 5.17 Å². The number of ether oxygens (including phenoxy) is 1. The molecule has 0 spiro atoms. The molecule has 1 aliphatic rings. The lowest BCUT2D eigenvalue weighted by molar-refractivity contribution is -0.113. The molecule has 3 aromatic rings. The highest BCUT2D eigenvalue weighted by Gasteiger charge is 2.34. The van der Waals surface area contributed by atoms with Crippen LogP contribution in [0.5, 0.6) is 5.75 Å². The van der Waals surface area contributed by atoms with Gasteiger partial charge in [0.25, 0.3) is 5.91 Å². The summed E-state index contributed by atoms with van der Waals surface area (Å²) >= 11 is 1.39. The molecule has 1 amide bonds. The summed E-state index contributed by atoms with van der Waals surface area (Å²) in [4.78, 5) is 20.5. The van der Waals surface area contributed by atoms with E-state index in [-0.39, 0.29) is 5.91 Å². The van der Waals surface area contributed by atoms with Crippen LogP contribution in [0.25, 0.3) is 6.08 Å². The summed E-state index contributed by atoms with van der Waals surface area (Å²) in [6.45, 7) is 6.62. The molecule has 5 heteroatoms. The van der Waals surface area contributed by atoms with E-state index in [1.54, 1.807) is 4.90 Å². The van der Waals surface area contributed by atoms with Crippen molar-refractivity contribution in [2.24, 2.45) is 4.99 Å². The van der Waals surface area contributed by atoms with E-state index >= 15 is 0 Å². The second kappa shape index (κ2) is 9.23. The lowest BCUT2D eigenvalue weighted by Crippen LogP contribution is -2.28. The Bertz CT molecular complexity index is 1150. The summed E-state index contributed by atoms with van der Waals surface area (Å²) in [5.74, 6) is 0.706. The number of rotatable bonds is 5. The second-order valence-corrected chi connectivity index (χ2v) is 8.33. The van der Waals surface area contributed by atoms with Gasteiger partial charge in [0, 0.05) is 0 Å². The first-order valence-corrected chi connectivity index (χ1v) is 11.0. The van der Waals surface area contributed by atoms with Gasteiger partial charge in [0.2, 0.25) is 0 Å². The Balaban J connectivity index is 1.74. The van der Waals surface area contributed by atoms with Crippen LogP contribution in [-0.2, 0) is 4.79 Å². The number of amidine groups is 1. The van der Waals surface area contributed by atoms with Crippen molar-refractivity contribution in [1.82, 2.24) is 0 Å². The standard InChI is InChI=1S/C26H24N2O2S/c1-4-30-23-7-5-6-20(16-23)17-24-25(29)28(22-14-10-19(3)11-15-22)26(31-24)27-21-12-8-18(2)9-13-21/h5-17H,4H2,1-3H3/b24-17+,27-26?. The van der Waals surface area contributed by atoms with E-state index in [1.165, 1.54) is 17.3 Å². The largest absolute Gasteiger partial charge is 0.494 e. The van der Waals surface area contributed by atoms with E-state index in [9.17, 15) is 4.79 Å². The minimum Gasteiger partial charge on any atom is -0.494 e. The molecule has 0 saturated carbocycles. The summed E-state index contributed by atoms with van der Waals surface area (Å²) < 4.78 is 5.59. The molecule has 0 unspecified atom stereocenters. The first-order chi connectivity index (χ1) is 15.0. The third-order valence-corrected chi connectivity index (χ3v) is 5.79. The number of hydrogen-bond donors (Lipinski definition) is 0. The molecular formula is C26H24N2O2S. The predicted octanol–water partition coefficient (Wildman–Crippen LogP) is 6.51. The van der Waals surface area contributed by atoms with Crippen LogP contribution in [0.4, 0.5) is 11.4 Å². The van der Waals surface area contributed by atoms with Gasteiger partial charge in [-0.05, 0) is 80.6 Å². The number of carbonyl (C=O) groups is 1. The highest BCUT2D eigenvalue weighted by Crippen LogP contribution is 2.37. The van der Waals surface area contributed by atoms with Crippen LogP contribution in [0.15, 0.2) is 82.7 Å². The highest BCUT2D eigenvalue weighted by atomic mass is 32.2. The minimum absolute atomic E-state index is 0.0819. The first kappa shape index (κ1) is 20.9. The third-order valence-electron chi connectivity index (χ3n) is 4.82. The molecule has 1 heterocycles. The van der Waals surface area contributed by atoms with E-state index in [1.807, 2.05) is 99.6 Å². The van der Waals surface area contributed by atoms with Crippen LogP contribution >= 0.6 is 11.8 Å². The Morgan fingerprint density at radius 3 is 2.32 bits per heavy atom. The molecule has 0 atom stereocenters. The van der Waals surface area contributed by atoms with Crippen LogP contribution in [-0.4, -0.2) is 17.7 Å². The van der Waals surface area contributed by atoms with Crippen LogP contribution in [0, 0.1) is 13.8 Å². The lowest BCUT2D eigenvalue weighted by atomic mass is 10.2.